The Kier molecular flexibility index (Phi) is 9.08. The Hall–Kier alpha value is -1.96. The first-order valence-corrected chi connectivity index (χ1v) is 12.9. The zero-order valence-corrected chi connectivity index (χ0v) is 22.7. The minimum absolute atomic E-state index is 0.127. The fourth-order valence-corrected chi connectivity index (χ4v) is 4.98. The second kappa shape index (κ2) is 11.0. The maximum Gasteiger partial charge on any atom is 0.119 e. The molecule has 184 valence electrons. The maximum atomic E-state index is 10.7. The maximum absolute atomic E-state index is 10.7. The van der Waals surface area contributed by atoms with Crippen LogP contribution in [0.5, 0.6) is 11.5 Å². The first-order valence-electron chi connectivity index (χ1n) is 12.9. The van der Waals surface area contributed by atoms with Crippen molar-refractivity contribution in [2.24, 2.45) is 0 Å². The largest absolute Gasteiger partial charge is 0.508 e. The van der Waals surface area contributed by atoms with Crippen LogP contribution in [0.3, 0.4) is 0 Å². The third kappa shape index (κ3) is 7.01. The number of phenolic OH excluding ortho intramolecular Hbond substituents is 2. The number of rotatable bonds is 9. The summed E-state index contributed by atoms with van der Waals surface area (Å²) in [7, 11) is 0. The second-order valence-electron chi connectivity index (χ2n) is 12.1. The molecule has 0 saturated carbocycles. The van der Waals surface area contributed by atoms with Crippen molar-refractivity contribution in [3.8, 4) is 11.5 Å². The van der Waals surface area contributed by atoms with E-state index in [0.29, 0.717) is 11.5 Å². The van der Waals surface area contributed by atoms with Crippen molar-refractivity contribution in [1.29, 1.82) is 0 Å². The van der Waals surface area contributed by atoms with Crippen molar-refractivity contribution in [2.75, 3.05) is 0 Å². The van der Waals surface area contributed by atoms with Crippen LogP contribution < -0.4 is 0 Å². The third-order valence-corrected chi connectivity index (χ3v) is 6.98. The van der Waals surface area contributed by atoms with Crippen molar-refractivity contribution in [1.82, 2.24) is 0 Å². The number of aryl methyl sites for hydroxylation is 2. The Morgan fingerprint density at radius 1 is 0.636 bits per heavy atom. The van der Waals surface area contributed by atoms with Crippen LogP contribution in [0.1, 0.15) is 133 Å². The molecule has 0 bridgehead atoms. The summed E-state index contributed by atoms with van der Waals surface area (Å²) in [6.07, 6.45) is 8.73. The van der Waals surface area contributed by atoms with Crippen molar-refractivity contribution in [3.63, 3.8) is 0 Å². The fourth-order valence-electron chi connectivity index (χ4n) is 4.98. The van der Waals surface area contributed by atoms with Crippen LogP contribution in [-0.4, -0.2) is 10.2 Å². The van der Waals surface area contributed by atoms with E-state index in [1.54, 1.807) is 0 Å². The van der Waals surface area contributed by atoms with Gasteiger partial charge >= 0.3 is 0 Å². The van der Waals surface area contributed by atoms with Gasteiger partial charge in [-0.25, -0.2) is 0 Å². The molecule has 0 saturated heterocycles. The second-order valence-corrected chi connectivity index (χ2v) is 12.1. The summed E-state index contributed by atoms with van der Waals surface area (Å²) < 4.78 is 0. The van der Waals surface area contributed by atoms with E-state index in [2.05, 4.69) is 74.4 Å². The SMILES string of the molecule is CCCCCCCCC(c1cc(C(C)(C)C)c(O)cc1C)c1cc(C(C)(C)C)c(O)cc1C. The fraction of sp³-hybridized carbons (Fsp3) is 0.613. The molecule has 2 aromatic carbocycles. The molecule has 0 radical (unpaired) electrons. The molecule has 0 amide bonds. The first kappa shape index (κ1) is 27.3. The molecule has 2 heteroatoms. The number of hydrogen-bond acceptors (Lipinski definition) is 2. The smallest absolute Gasteiger partial charge is 0.119 e. The summed E-state index contributed by atoms with van der Waals surface area (Å²) in [5.41, 5.74) is 6.64. The number of hydrogen-bond donors (Lipinski definition) is 2. The monoisotopic (exact) mass is 452 g/mol. The highest BCUT2D eigenvalue weighted by Crippen LogP contribution is 2.42. The minimum atomic E-state index is -0.127. The highest BCUT2D eigenvalue weighted by Gasteiger charge is 2.27. The number of phenols is 2. The predicted octanol–water partition coefficient (Wildman–Crippen LogP) is 9.19. The average molecular weight is 453 g/mol. The normalized spacial score (nSPS) is 12.5. The van der Waals surface area contributed by atoms with Gasteiger partial charge in [-0.1, -0.05) is 99.1 Å². The van der Waals surface area contributed by atoms with Gasteiger partial charge in [0.2, 0.25) is 0 Å². The lowest BCUT2D eigenvalue weighted by atomic mass is 9.76. The van der Waals surface area contributed by atoms with Gasteiger partial charge in [0.05, 0.1) is 0 Å². The predicted molar refractivity (Wildman–Crippen MR) is 143 cm³/mol. The third-order valence-electron chi connectivity index (χ3n) is 6.98. The summed E-state index contributed by atoms with van der Waals surface area (Å²) in [5, 5.41) is 21.4. The summed E-state index contributed by atoms with van der Waals surface area (Å²) >= 11 is 0. The van der Waals surface area contributed by atoms with E-state index in [1.807, 2.05) is 12.1 Å². The van der Waals surface area contributed by atoms with Gasteiger partial charge in [-0.15, -0.1) is 0 Å². The van der Waals surface area contributed by atoms with E-state index < -0.39 is 0 Å². The van der Waals surface area contributed by atoms with Crippen LogP contribution in [0.25, 0.3) is 0 Å². The quantitative estimate of drug-likeness (QED) is 0.372. The van der Waals surface area contributed by atoms with Gasteiger partial charge < -0.3 is 10.2 Å². The molecule has 0 spiro atoms. The molecule has 2 aromatic rings. The molecular formula is C31H48O2. The molecule has 0 aliphatic rings. The molecular weight excluding hydrogens is 404 g/mol. The van der Waals surface area contributed by atoms with Gasteiger partial charge in [-0.3, -0.25) is 0 Å². The zero-order valence-electron chi connectivity index (χ0n) is 22.7. The Morgan fingerprint density at radius 2 is 1.03 bits per heavy atom. The van der Waals surface area contributed by atoms with Gasteiger partial charge in [0.25, 0.3) is 0 Å². The molecule has 0 aliphatic heterocycles. The molecule has 33 heavy (non-hydrogen) atoms. The molecule has 0 unspecified atom stereocenters. The Labute approximate surface area is 203 Å². The van der Waals surface area contributed by atoms with E-state index >= 15 is 0 Å². The van der Waals surface area contributed by atoms with Crippen molar-refractivity contribution in [3.05, 3.63) is 57.6 Å². The first-order chi connectivity index (χ1) is 15.3. The average Bonchev–Trinajstić information content (AvgIpc) is 2.67. The summed E-state index contributed by atoms with van der Waals surface area (Å²) in [4.78, 5) is 0. The lowest BCUT2D eigenvalue weighted by Crippen LogP contribution is -2.16. The summed E-state index contributed by atoms with van der Waals surface area (Å²) in [6, 6.07) is 8.39. The van der Waals surface area contributed by atoms with Crippen LogP contribution in [0.15, 0.2) is 24.3 Å². The van der Waals surface area contributed by atoms with Crippen LogP contribution in [0, 0.1) is 13.8 Å². The highest BCUT2D eigenvalue weighted by molar-refractivity contribution is 5.52. The van der Waals surface area contributed by atoms with Crippen molar-refractivity contribution < 1.29 is 10.2 Å². The van der Waals surface area contributed by atoms with E-state index in [9.17, 15) is 10.2 Å². The van der Waals surface area contributed by atoms with Crippen molar-refractivity contribution >= 4 is 0 Å². The summed E-state index contributed by atoms with van der Waals surface area (Å²) in [5.74, 6) is 1.03. The number of unbranched alkanes of at least 4 members (excludes halogenated alkanes) is 5. The molecule has 0 aromatic heterocycles. The Morgan fingerprint density at radius 3 is 1.42 bits per heavy atom. The molecule has 2 N–H and O–H groups in total. The number of benzene rings is 2. The Bertz CT molecular complexity index is 856. The molecule has 0 atom stereocenters. The lowest BCUT2D eigenvalue weighted by molar-refractivity contribution is 0.444. The topological polar surface area (TPSA) is 40.5 Å². The van der Waals surface area contributed by atoms with Crippen LogP contribution >= 0.6 is 0 Å². The van der Waals surface area contributed by atoms with E-state index in [-0.39, 0.29) is 16.7 Å². The standard InChI is InChI=1S/C31H48O2/c1-10-11-12-13-14-15-16-23(24-19-26(30(4,5)6)28(32)17-21(24)2)25-20-27(31(7,8)9)29(33)18-22(25)3/h17-20,23,32-33H,10-16H2,1-9H3. The molecule has 0 aliphatic carbocycles. The van der Waals surface area contributed by atoms with Crippen LogP contribution in [0.2, 0.25) is 0 Å². The van der Waals surface area contributed by atoms with Crippen LogP contribution in [0.4, 0.5) is 0 Å². The highest BCUT2D eigenvalue weighted by atomic mass is 16.3. The lowest BCUT2D eigenvalue weighted by Gasteiger charge is -2.29. The zero-order chi connectivity index (χ0) is 25.0. The minimum Gasteiger partial charge on any atom is -0.508 e. The Balaban J connectivity index is 2.57. The van der Waals surface area contributed by atoms with Crippen LogP contribution in [-0.2, 0) is 10.8 Å². The molecule has 0 fully saturated rings. The van der Waals surface area contributed by atoms with E-state index in [1.165, 1.54) is 49.7 Å². The van der Waals surface area contributed by atoms with Crippen molar-refractivity contribution in [2.45, 2.75) is 124 Å². The number of aromatic hydroxyl groups is 2. The van der Waals surface area contributed by atoms with Gasteiger partial charge in [-0.05, 0) is 76.6 Å². The van der Waals surface area contributed by atoms with Gasteiger partial charge in [0.15, 0.2) is 0 Å². The van der Waals surface area contributed by atoms with E-state index in [4.69, 9.17) is 0 Å². The van der Waals surface area contributed by atoms with Gasteiger partial charge in [0, 0.05) is 5.92 Å². The molecule has 2 nitrogen and oxygen atoms in total. The molecule has 0 heterocycles. The van der Waals surface area contributed by atoms with E-state index in [0.717, 1.165) is 28.7 Å². The van der Waals surface area contributed by atoms with Gasteiger partial charge in [-0.2, -0.15) is 0 Å². The summed E-state index contributed by atoms with van der Waals surface area (Å²) in [6.45, 7) is 19.5. The molecule has 2 rings (SSSR count). The van der Waals surface area contributed by atoms with Gasteiger partial charge in [0.1, 0.15) is 11.5 Å².